The molecular formula is C19H20N4OS2. The summed E-state index contributed by atoms with van der Waals surface area (Å²) in [7, 11) is 0. The van der Waals surface area contributed by atoms with E-state index in [1.54, 1.807) is 0 Å². The van der Waals surface area contributed by atoms with E-state index in [1.807, 2.05) is 68.4 Å². The van der Waals surface area contributed by atoms with E-state index in [2.05, 4.69) is 20.8 Å². The van der Waals surface area contributed by atoms with Crippen molar-refractivity contribution >= 4 is 39.8 Å². The Balaban J connectivity index is 1.48. The van der Waals surface area contributed by atoms with Gasteiger partial charge < -0.3 is 10.6 Å². The van der Waals surface area contributed by atoms with Gasteiger partial charge in [-0.15, -0.1) is 10.2 Å². The highest BCUT2D eigenvalue weighted by Gasteiger charge is 2.11. The van der Waals surface area contributed by atoms with Crippen LogP contribution in [0.3, 0.4) is 0 Å². The number of amides is 1. The molecule has 1 atom stereocenters. The summed E-state index contributed by atoms with van der Waals surface area (Å²) in [4.78, 5) is 12.1. The zero-order valence-electron chi connectivity index (χ0n) is 14.6. The molecule has 134 valence electrons. The van der Waals surface area contributed by atoms with Crippen molar-refractivity contribution in [1.82, 2.24) is 15.5 Å². The average molecular weight is 385 g/mol. The van der Waals surface area contributed by atoms with Crippen LogP contribution >= 0.6 is 23.1 Å². The smallest absolute Gasteiger partial charge is 0.230 e. The van der Waals surface area contributed by atoms with Crippen molar-refractivity contribution in [2.45, 2.75) is 24.2 Å². The van der Waals surface area contributed by atoms with Gasteiger partial charge in [0.15, 0.2) is 4.34 Å². The third kappa shape index (κ3) is 5.31. The number of carbonyl (C=O) groups excluding carboxylic acids is 1. The predicted octanol–water partition coefficient (Wildman–Crippen LogP) is 4.56. The largest absolute Gasteiger partial charge is 0.349 e. The van der Waals surface area contributed by atoms with Crippen LogP contribution in [0.1, 0.15) is 24.1 Å². The van der Waals surface area contributed by atoms with E-state index < -0.39 is 0 Å². The molecule has 0 fully saturated rings. The van der Waals surface area contributed by atoms with Crippen molar-refractivity contribution in [3.63, 3.8) is 0 Å². The van der Waals surface area contributed by atoms with Crippen molar-refractivity contribution in [3.05, 3.63) is 65.7 Å². The maximum atomic E-state index is 12.1. The molecule has 0 aliphatic rings. The molecule has 3 rings (SSSR count). The minimum atomic E-state index is -0.0189. The summed E-state index contributed by atoms with van der Waals surface area (Å²) in [5.74, 6) is 0.297. The van der Waals surface area contributed by atoms with Crippen molar-refractivity contribution in [1.29, 1.82) is 0 Å². The van der Waals surface area contributed by atoms with Gasteiger partial charge in [-0.25, -0.2) is 0 Å². The molecule has 0 aliphatic carbocycles. The van der Waals surface area contributed by atoms with Crippen molar-refractivity contribution in [3.8, 4) is 0 Å². The summed E-state index contributed by atoms with van der Waals surface area (Å²) in [6, 6.07) is 18.0. The van der Waals surface area contributed by atoms with Crippen LogP contribution in [0.15, 0.2) is 58.9 Å². The van der Waals surface area contributed by atoms with Gasteiger partial charge in [-0.05, 0) is 31.5 Å². The number of hydrogen-bond donors (Lipinski definition) is 2. The van der Waals surface area contributed by atoms with Crippen LogP contribution in [-0.2, 0) is 4.79 Å². The number of rotatable bonds is 7. The van der Waals surface area contributed by atoms with E-state index in [0.29, 0.717) is 5.75 Å². The van der Waals surface area contributed by atoms with E-state index in [1.165, 1.54) is 28.7 Å². The van der Waals surface area contributed by atoms with Crippen LogP contribution in [0.2, 0.25) is 0 Å². The molecule has 1 aromatic heterocycles. The zero-order valence-corrected chi connectivity index (χ0v) is 16.2. The Morgan fingerprint density at radius 3 is 2.58 bits per heavy atom. The van der Waals surface area contributed by atoms with E-state index >= 15 is 0 Å². The molecule has 2 N–H and O–H groups in total. The van der Waals surface area contributed by atoms with E-state index in [4.69, 9.17) is 0 Å². The Morgan fingerprint density at radius 2 is 1.85 bits per heavy atom. The molecule has 7 heteroatoms. The van der Waals surface area contributed by atoms with Crippen LogP contribution in [0.25, 0.3) is 0 Å². The third-order valence-corrected chi connectivity index (χ3v) is 5.69. The molecule has 0 radical (unpaired) electrons. The topological polar surface area (TPSA) is 66.9 Å². The van der Waals surface area contributed by atoms with Crippen LogP contribution in [0, 0.1) is 6.92 Å². The molecular weight excluding hydrogens is 364 g/mol. The van der Waals surface area contributed by atoms with Gasteiger partial charge in [-0.1, -0.05) is 71.1 Å². The van der Waals surface area contributed by atoms with Gasteiger partial charge in [-0.2, -0.15) is 0 Å². The number of anilines is 2. The normalized spacial score (nSPS) is 11.8. The van der Waals surface area contributed by atoms with E-state index in [-0.39, 0.29) is 11.9 Å². The van der Waals surface area contributed by atoms with Gasteiger partial charge >= 0.3 is 0 Å². The van der Waals surface area contributed by atoms with Crippen molar-refractivity contribution in [2.75, 3.05) is 11.1 Å². The number of hydrogen-bond acceptors (Lipinski definition) is 6. The quantitative estimate of drug-likeness (QED) is 0.585. The van der Waals surface area contributed by atoms with Crippen LogP contribution in [-0.4, -0.2) is 21.9 Å². The molecule has 1 heterocycles. The highest BCUT2D eigenvalue weighted by Crippen LogP contribution is 2.27. The van der Waals surface area contributed by atoms with Gasteiger partial charge in [0, 0.05) is 5.69 Å². The Kier molecular flexibility index (Phi) is 6.25. The number of benzene rings is 2. The van der Waals surface area contributed by atoms with Crippen molar-refractivity contribution < 1.29 is 4.79 Å². The molecule has 0 unspecified atom stereocenters. The molecule has 2 aromatic carbocycles. The number of carbonyl (C=O) groups is 1. The molecule has 0 bridgehead atoms. The second kappa shape index (κ2) is 8.82. The first kappa shape index (κ1) is 18.4. The Labute approximate surface area is 161 Å². The van der Waals surface area contributed by atoms with Gasteiger partial charge in [-0.3, -0.25) is 4.79 Å². The maximum absolute atomic E-state index is 12.1. The summed E-state index contributed by atoms with van der Waals surface area (Å²) in [6.07, 6.45) is 0. The fraction of sp³-hybridized carbons (Fsp3) is 0.211. The second-order valence-corrected chi connectivity index (χ2v) is 8.05. The molecule has 0 aliphatic heterocycles. The highest BCUT2D eigenvalue weighted by molar-refractivity contribution is 8.01. The van der Waals surface area contributed by atoms with Gasteiger partial charge in [0.25, 0.3) is 0 Å². The molecule has 1 amide bonds. The monoisotopic (exact) mass is 384 g/mol. The average Bonchev–Trinajstić information content (AvgIpc) is 3.10. The first-order chi connectivity index (χ1) is 12.6. The standard InChI is InChI=1S/C19H20N4OS2/c1-13-8-10-16(11-9-13)21-18-22-23-19(26-18)25-12-17(24)20-14(2)15-6-4-3-5-7-15/h3-11,14H,12H2,1-2H3,(H,20,24)(H,21,22)/t14-/m0/s1. The zero-order chi connectivity index (χ0) is 18.4. The van der Waals surface area contributed by atoms with Crippen LogP contribution in [0.5, 0.6) is 0 Å². The van der Waals surface area contributed by atoms with E-state index in [0.717, 1.165) is 20.7 Å². The fourth-order valence-corrected chi connectivity index (χ4v) is 3.90. The Morgan fingerprint density at radius 1 is 1.12 bits per heavy atom. The first-order valence-electron chi connectivity index (χ1n) is 8.24. The molecule has 3 aromatic rings. The first-order valence-corrected chi connectivity index (χ1v) is 10.0. The lowest BCUT2D eigenvalue weighted by Crippen LogP contribution is -2.28. The molecule has 0 saturated heterocycles. The Hall–Kier alpha value is -2.38. The summed E-state index contributed by atoms with van der Waals surface area (Å²) in [5, 5.41) is 15.2. The molecule has 0 saturated carbocycles. The minimum absolute atomic E-state index is 0.0162. The SMILES string of the molecule is Cc1ccc(Nc2nnc(SCC(=O)N[C@@H](C)c3ccccc3)s2)cc1. The number of nitrogens with one attached hydrogen (secondary N) is 2. The van der Waals surface area contributed by atoms with Gasteiger partial charge in [0.05, 0.1) is 11.8 Å². The van der Waals surface area contributed by atoms with Crippen LogP contribution < -0.4 is 10.6 Å². The van der Waals surface area contributed by atoms with Crippen LogP contribution in [0.4, 0.5) is 10.8 Å². The molecule has 0 spiro atoms. The van der Waals surface area contributed by atoms with Gasteiger partial charge in [0.1, 0.15) is 0 Å². The number of thioether (sulfide) groups is 1. The second-order valence-electron chi connectivity index (χ2n) is 5.85. The summed E-state index contributed by atoms with van der Waals surface area (Å²) >= 11 is 2.83. The number of aryl methyl sites for hydroxylation is 1. The molecule has 5 nitrogen and oxygen atoms in total. The lowest BCUT2D eigenvalue weighted by Gasteiger charge is -2.13. The van der Waals surface area contributed by atoms with E-state index in [9.17, 15) is 4.79 Å². The highest BCUT2D eigenvalue weighted by atomic mass is 32.2. The van der Waals surface area contributed by atoms with Crippen molar-refractivity contribution in [2.24, 2.45) is 0 Å². The lowest BCUT2D eigenvalue weighted by molar-refractivity contribution is -0.119. The minimum Gasteiger partial charge on any atom is -0.349 e. The summed E-state index contributed by atoms with van der Waals surface area (Å²) in [6.45, 7) is 4.03. The predicted molar refractivity (Wildman–Crippen MR) is 108 cm³/mol. The fourth-order valence-electron chi connectivity index (χ4n) is 2.31. The Bertz CT molecular complexity index is 849. The maximum Gasteiger partial charge on any atom is 0.230 e. The number of aromatic nitrogens is 2. The van der Waals surface area contributed by atoms with Gasteiger partial charge in [0.2, 0.25) is 11.0 Å². The number of nitrogens with zero attached hydrogens (tertiary/aromatic N) is 2. The summed E-state index contributed by atoms with van der Waals surface area (Å²) < 4.78 is 0.766. The lowest BCUT2D eigenvalue weighted by atomic mass is 10.1. The molecule has 26 heavy (non-hydrogen) atoms. The summed E-state index contributed by atoms with van der Waals surface area (Å²) in [5.41, 5.74) is 3.27. The third-order valence-electron chi connectivity index (χ3n) is 3.71.